The molecule has 112 valence electrons. The van der Waals surface area contributed by atoms with Crippen LogP contribution in [0, 0.1) is 0 Å². The third-order valence-corrected chi connectivity index (χ3v) is 6.29. The number of hydrogen-bond donors (Lipinski definition) is 2. The highest BCUT2D eigenvalue weighted by Crippen LogP contribution is 2.15. The summed E-state index contributed by atoms with van der Waals surface area (Å²) in [5, 5.41) is 0. The van der Waals surface area contributed by atoms with E-state index >= 15 is 0 Å². The van der Waals surface area contributed by atoms with Gasteiger partial charge in [-0.25, -0.2) is 13.1 Å². The molecular formula is C13H20N2O3S2. The van der Waals surface area contributed by atoms with Gasteiger partial charge in [-0.2, -0.15) is 0 Å². The average Bonchev–Trinajstić information content (AvgIpc) is 2.42. The van der Waals surface area contributed by atoms with Gasteiger partial charge in [-0.05, 0) is 43.5 Å². The zero-order chi connectivity index (χ0) is 14.6. The molecule has 20 heavy (non-hydrogen) atoms. The maximum Gasteiger partial charge on any atom is 0.240 e. The highest BCUT2D eigenvalue weighted by Gasteiger charge is 2.23. The van der Waals surface area contributed by atoms with Crippen molar-refractivity contribution in [3.05, 3.63) is 29.8 Å². The van der Waals surface area contributed by atoms with E-state index in [0.29, 0.717) is 30.9 Å². The Kier molecular flexibility index (Phi) is 5.31. The fourth-order valence-corrected chi connectivity index (χ4v) is 4.81. The molecule has 3 N–H and O–H groups in total. The summed E-state index contributed by atoms with van der Waals surface area (Å²) < 4.78 is 38.4. The molecule has 0 bridgehead atoms. The second-order valence-corrected chi connectivity index (χ2v) is 8.34. The van der Waals surface area contributed by atoms with Crippen LogP contribution in [0.1, 0.15) is 18.4 Å². The van der Waals surface area contributed by atoms with Gasteiger partial charge >= 0.3 is 0 Å². The Morgan fingerprint density at radius 1 is 1.20 bits per heavy atom. The number of hydrogen-bond acceptors (Lipinski definition) is 4. The molecule has 5 nitrogen and oxygen atoms in total. The number of sulfonamides is 1. The smallest absolute Gasteiger partial charge is 0.240 e. The molecule has 2 rings (SSSR count). The predicted octanol–water partition coefficient (Wildman–Crippen LogP) is 0.377. The van der Waals surface area contributed by atoms with Gasteiger partial charge in [0.2, 0.25) is 10.0 Å². The highest BCUT2D eigenvalue weighted by molar-refractivity contribution is 7.89. The normalized spacial score (nSPS) is 23.6. The standard InChI is InChI=1S/C13H20N2O3S2/c14-8-5-11-1-3-13(4-2-11)20(17,18)15-12-6-9-19(16)10-7-12/h1-4,12,15H,5-10,14H2. The van der Waals surface area contributed by atoms with E-state index < -0.39 is 20.8 Å². The van der Waals surface area contributed by atoms with Crippen molar-refractivity contribution in [1.29, 1.82) is 0 Å². The number of rotatable bonds is 5. The summed E-state index contributed by atoms with van der Waals surface area (Å²) in [4.78, 5) is 0.268. The SMILES string of the molecule is NCCc1ccc(S(=O)(=O)NC2CCS(=O)CC2)cc1. The lowest BCUT2D eigenvalue weighted by Crippen LogP contribution is -2.39. The number of benzene rings is 1. The first-order valence-electron chi connectivity index (χ1n) is 6.67. The van der Waals surface area contributed by atoms with E-state index in [4.69, 9.17) is 5.73 Å². The number of nitrogens with one attached hydrogen (secondary N) is 1. The molecule has 0 unspecified atom stereocenters. The highest BCUT2D eigenvalue weighted by atomic mass is 32.2. The van der Waals surface area contributed by atoms with E-state index in [0.717, 1.165) is 12.0 Å². The predicted molar refractivity (Wildman–Crippen MR) is 80.4 cm³/mol. The Morgan fingerprint density at radius 3 is 2.35 bits per heavy atom. The second kappa shape index (κ2) is 6.80. The fourth-order valence-electron chi connectivity index (χ4n) is 2.20. The van der Waals surface area contributed by atoms with Crippen LogP contribution >= 0.6 is 0 Å². The van der Waals surface area contributed by atoms with Crippen molar-refractivity contribution < 1.29 is 12.6 Å². The molecule has 1 saturated heterocycles. The van der Waals surface area contributed by atoms with Crippen LogP contribution in [0.15, 0.2) is 29.2 Å². The van der Waals surface area contributed by atoms with Crippen molar-refractivity contribution >= 4 is 20.8 Å². The molecular weight excluding hydrogens is 296 g/mol. The monoisotopic (exact) mass is 316 g/mol. The molecule has 0 amide bonds. The summed E-state index contributed by atoms with van der Waals surface area (Å²) in [6.07, 6.45) is 2.01. The molecule has 1 aliphatic rings. The lowest BCUT2D eigenvalue weighted by atomic mass is 10.2. The van der Waals surface area contributed by atoms with Crippen molar-refractivity contribution in [2.75, 3.05) is 18.1 Å². The summed E-state index contributed by atoms with van der Waals surface area (Å²) in [5.41, 5.74) is 6.49. The molecule has 1 aliphatic heterocycles. The molecule has 0 spiro atoms. The van der Waals surface area contributed by atoms with E-state index in [1.807, 2.05) is 0 Å². The van der Waals surface area contributed by atoms with Crippen LogP contribution in [0.3, 0.4) is 0 Å². The number of nitrogens with two attached hydrogens (primary N) is 1. The van der Waals surface area contributed by atoms with E-state index in [9.17, 15) is 12.6 Å². The van der Waals surface area contributed by atoms with Crippen LogP contribution in [-0.2, 0) is 27.2 Å². The fraction of sp³-hybridized carbons (Fsp3) is 0.538. The van der Waals surface area contributed by atoms with Crippen LogP contribution < -0.4 is 10.5 Å². The Balaban J connectivity index is 2.04. The summed E-state index contributed by atoms with van der Waals surface area (Å²) >= 11 is 0. The summed E-state index contributed by atoms with van der Waals surface area (Å²) in [7, 11) is -4.28. The van der Waals surface area contributed by atoms with Gasteiger partial charge in [-0.1, -0.05) is 12.1 Å². The van der Waals surface area contributed by atoms with Gasteiger partial charge in [-0.15, -0.1) is 0 Å². The molecule has 1 aromatic rings. The topological polar surface area (TPSA) is 89.3 Å². The third kappa shape index (κ3) is 4.12. The van der Waals surface area contributed by atoms with E-state index in [1.54, 1.807) is 24.3 Å². The third-order valence-electron chi connectivity index (χ3n) is 3.38. The van der Waals surface area contributed by atoms with Gasteiger partial charge in [-0.3, -0.25) is 4.21 Å². The minimum absolute atomic E-state index is 0.110. The minimum Gasteiger partial charge on any atom is -0.330 e. The zero-order valence-corrected chi connectivity index (χ0v) is 12.9. The quantitative estimate of drug-likeness (QED) is 0.822. The van der Waals surface area contributed by atoms with Crippen LogP contribution in [0.4, 0.5) is 0 Å². The Morgan fingerprint density at radius 2 is 1.80 bits per heavy atom. The van der Waals surface area contributed by atoms with Gasteiger partial charge in [0.1, 0.15) is 0 Å². The van der Waals surface area contributed by atoms with Crippen molar-refractivity contribution in [3.63, 3.8) is 0 Å². The van der Waals surface area contributed by atoms with Crippen molar-refractivity contribution in [2.24, 2.45) is 5.73 Å². The maximum absolute atomic E-state index is 12.2. The molecule has 0 aliphatic carbocycles. The van der Waals surface area contributed by atoms with E-state index in [1.165, 1.54) is 0 Å². The first-order valence-corrected chi connectivity index (χ1v) is 9.65. The molecule has 1 aromatic carbocycles. The molecule has 0 saturated carbocycles. The van der Waals surface area contributed by atoms with Crippen LogP contribution in [0.5, 0.6) is 0 Å². The van der Waals surface area contributed by atoms with Crippen molar-refractivity contribution in [1.82, 2.24) is 4.72 Å². The molecule has 0 atom stereocenters. The zero-order valence-electron chi connectivity index (χ0n) is 11.2. The van der Waals surface area contributed by atoms with E-state index in [2.05, 4.69) is 4.72 Å². The summed E-state index contributed by atoms with van der Waals surface area (Å²) in [5.74, 6) is 1.14. The molecule has 1 heterocycles. The Labute approximate surface area is 122 Å². The minimum atomic E-state index is -3.49. The molecule has 0 radical (unpaired) electrons. The first kappa shape index (κ1) is 15.6. The first-order chi connectivity index (χ1) is 9.51. The van der Waals surface area contributed by atoms with Gasteiger partial charge in [0.15, 0.2) is 0 Å². The molecule has 1 fully saturated rings. The maximum atomic E-state index is 12.2. The Hall–Kier alpha value is -0.760. The van der Waals surface area contributed by atoms with Crippen molar-refractivity contribution in [3.8, 4) is 0 Å². The van der Waals surface area contributed by atoms with Crippen LogP contribution in [-0.4, -0.2) is 36.7 Å². The van der Waals surface area contributed by atoms with Crippen molar-refractivity contribution in [2.45, 2.75) is 30.2 Å². The average molecular weight is 316 g/mol. The Bertz CT molecular complexity index is 560. The van der Waals surface area contributed by atoms with Gasteiger partial charge in [0.05, 0.1) is 4.90 Å². The van der Waals surface area contributed by atoms with Gasteiger partial charge < -0.3 is 5.73 Å². The van der Waals surface area contributed by atoms with Crippen LogP contribution in [0.25, 0.3) is 0 Å². The van der Waals surface area contributed by atoms with Crippen LogP contribution in [0.2, 0.25) is 0 Å². The van der Waals surface area contributed by atoms with E-state index in [-0.39, 0.29) is 10.9 Å². The second-order valence-electron chi connectivity index (χ2n) is 4.93. The molecule has 0 aromatic heterocycles. The lowest BCUT2D eigenvalue weighted by Gasteiger charge is -2.22. The van der Waals surface area contributed by atoms with Gasteiger partial charge in [0.25, 0.3) is 0 Å². The molecule has 7 heteroatoms. The summed E-state index contributed by atoms with van der Waals surface area (Å²) in [6.45, 7) is 0.545. The summed E-state index contributed by atoms with van der Waals surface area (Å²) in [6, 6.07) is 6.68. The van der Waals surface area contributed by atoms with Gasteiger partial charge in [0, 0.05) is 28.3 Å². The lowest BCUT2D eigenvalue weighted by molar-refractivity contribution is 0.522. The largest absolute Gasteiger partial charge is 0.330 e.